The zero-order valence-corrected chi connectivity index (χ0v) is 16.8. The Morgan fingerprint density at radius 2 is 2.17 bits per heavy atom. The number of nitrogens with zero attached hydrogens (tertiary/aromatic N) is 3. The first-order valence-electron chi connectivity index (χ1n) is 7.56. The predicted octanol–water partition coefficient (Wildman–Crippen LogP) is 5.86. The van der Waals surface area contributed by atoms with E-state index in [1.54, 1.807) is 23.1 Å². The van der Waals surface area contributed by atoms with E-state index >= 15 is 0 Å². The molecule has 124 valence electrons. The van der Waals surface area contributed by atoms with Crippen molar-refractivity contribution in [3.63, 3.8) is 0 Å². The molecule has 2 aromatic heterocycles. The second-order valence-corrected chi connectivity index (χ2v) is 8.40. The summed E-state index contributed by atoms with van der Waals surface area (Å²) >= 11 is 6.97. The van der Waals surface area contributed by atoms with E-state index in [0.717, 1.165) is 21.2 Å². The number of hydrogen-bond acceptors (Lipinski definition) is 4. The van der Waals surface area contributed by atoms with Gasteiger partial charge >= 0.3 is 0 Å². The van der Waals surface area contributed by atoms with Crippen molar-refractivity contribution < 1.29 is 0 Å². The number of rotatable bonds is 6. The molecule has 3 rings (SSSR count). The average Bonchev–Trinajstić information content (AvgIpc) is 3.10. The van der Waals surface area contributed by atoms with Crippen molar-refractivity contribution in [2.24, 2.45) is 0 Å². The van der Waals surface area contributed by atoms with Crippen LogP contribution in [0.5, 0.6) is 0 Å². The molecule has 0 N–H and O–H groups in total. The highest BCUT2D eigenvalue weighted by Crippen LogP contribution is 2.32. The summed E-state index contributed by atoms with van der Waals surface area (Å²) in [5.41, 5.74) is 3.70. The Bertz CT molecular complexity index is 867. The summed E-state index contributed by atoms with van der Waals surface area (Å²) in [5, 5.41) is 12.0. The number of thioether (sulfide) groups is 1. The lowest BCUT2D eigenvalue weighted by molar-refractivity contribution is 0.731. The summed E-state index contributed by atoms with van der Waals surface area (Å²) in [5.74, 6) is 1.78. The Balaban J connectivity index is 1.88. The lowest BCUT2D eigenvalue weighted by Gasteiger charge is -2.08. The van der Waals surface area contributed by atoms with E-state index in [1.807, 2.05) is 12.1 Å². The van der Waals surface area contributed by atoms with Gasteiger partial charge < -0.3 is 0 Å². The Morgan fingerprint density at radius 3 is 2.83 bits per heavy atom. The molecule has 0 radical (unpaired) electrons. The first-order valence-corrected chi connectivity index (χ1v) is 10.2. The van der Waals surface area contributed by atoms with Crippen molar-refractivity contribution in [2.75, 3.05) is 0 Å². The molecule has 6 heteroatoms. The van der Waals surface area contributed by atoms with Gasteiger partial charge in [-0.1, -0.05) is 45.9 Å². The van der Waals surface area contributed by atoms with Crippen LogP contribution in [0.15, 0.2) is 51.9 Å². The van der Waals surface area contributed by atoms with Crippen LogP contribution in [0.2, 0.25) is 0 Å². The Labute approximate surface area is 159 Å². The minimum absolute atomic E-state index is 0.706. The van der Waals surface area contributed by atoms with Gasteiger partial charge in [0.1, 0.15) is 0 Å². The minimum Gasteiger partial charge on any atom is -0.298 e. The van der Waals surface area contributed by atoms with E-state index in [4.69, 9.17) is 0 Å². The first-order chi connectivity index (χ1) is 11.6. The van der Waals surface area contributed by atoms with Crippen LogP contribution in [-0.4, -0.2) is 14.8 Å². The van der Waals surface area contributed by atoms with Gasteiger partial charge in [0.05, 0.1) is 0 Å². The number of halogens is 1. The van der Waals surface area contributed by atoms with Crippen LogP contribution in [0.25, 0.3) is 11.4 Å². The van der Waals surface area contributed by atoms with Gasteiger partial charge in [0.25, 0.3) is 0 Å². The van der Waals surface area contributed by atoms with Gasteiger partial charge in [-0.15, -0.1) is 28.1 Å². The molecule has 0 atom stereocenters. The van der Waals surface area contributed by atoms with Crippen molar-refractivity contribution in [2.45, 2.75) is 31.3 Å². The van der Waals surface area contributed by atoms with E-state index < -0.39 is 0 Å². The molecule has 24 heavy (non-hydrogen) atoms. The van der Waals surface area contributed by atoms with Crippen LogP contribution in [-0.2, 0) is 12.3 Å². The summed E-state index contributed by atoms with van der Waals surface area (Å²) < 4.78 is 3.24. The van der Waals surface area contributed by atoms with Crippen LogP contribution in [0.1, 0.15) is 16.0 Å². The molecule has 0 amide bonds. The third-order valence-corrected chi connectivity index (χ3v) is 6.36. The van der Waals surface area contributed by atoms with Crippen LogP contribution in [0, 0.1) is 13.8 Å². The summed E-state index contributed by atoms with van der Waals surface area (Å²) in [6.45, 7) is 8.87. The Morgan fingerprint density at radius 1 is 1.33 bits per heavy atom. The monoisotopic (exact) mass is 419 g/mol. The van der Waals surface area contributed by atoms with Gasteiger partial charge in [0.15, 0.2) is 11.0 Å². The van der Waals surface area contributed by atoms with E-state index in [-0.39, 0.29) is 0 Å². The van der Waals surface area contributed by atoms with Crippen molar-refractivity contribution >= 4 is 39.0 Å². The topological polar surface area (TPSA) is 30.7 Å². The van der Waals surface area contributed by atoms with Gasteiger partial charge in [-0.2, -0.15) is 0 Å². The van der Waals surface area contributed by atoms with E-state index in [1.165, 1.54) is 21.6 Å². The standard InChI is InChI=1S/C18H18BrN3S2/c1-4-8-22-17(16-11-23-13(3)12(16)2)20-21-18(22)24-10-14-6-5-7-15(19)9-14/h4-7,9,11H,1,8,10H2,2-3H3. The lowest BCUT2D eigenvalue weighted by Crippen LogP contribution is -2.01. The molecule has 3 nitrogen and oxygen atoms in total. The fraction of sp³-hybridized carbons (Fsp3) is 0.222. The second-order valence-electron chi connectivity index (χ2n) is 5.45. The van der Waals surface area contributed by atoms with Crippen molar-refractivity contribution in [1.82, 2.24) is 14.8 Å². The van der Waals surface area contributed by atoms with Crippen molar-refractivity contribution in [1.29, 1.82) is 0 Å². The summed E-state index contributed by atoms with van der Waals surface area (Å²) in [7, 11) is 0. The fourth-order valence-electron chi connectivity index (χ4n) is 2.40. The molecule has 0 aliphatic carbocycles. The molecule has 0 aliphatic rings. The second kappa shape index (κ2) is 7.68. The molecule has 2 heterocycles. The highest BCUT2D eigenvalue weighted by Gasteiger charge is 2.17. The molecule has 3 aromatic rings. The smallest absolute Gasteiger partial charge is 0.192 e. The van der Waals surface area contributed by atoms with Crippen molar-refractivity contribution in [3.05, 3.63) is 62.8 Å². The van der Waals surface area contributed by atoms with Crippen molar-refractivity contribution in [3.8, 4) is 11.4 Å². The quantitative estimate of drug-likeness (QED) is 0.369. The Kier molecular flexibility index (Phi) is 5.58. The number of thiophene rings is 1. The van der Waals surface area contributed by atoms with Gasteiger partial charge in [-0.3, -0.25) is 4.57 Å². The largest absolute Gasteiger partial charge is 0.298 e. The number of hydrogen-bond donors (Lipinski definition) is 0. The molecular formula is C18H18BrN3S2. The highest BCUT2D eigenvalue weighted by molar-refractivity contribution is 9.10. The van der Waals surface area contributed by atoms with Crippen LogP contribution >= 0.6 is 39.0 Å². The maximum Gasteiger partial charge on any atom is 0.192 e. The molecule has 1 aromatic carbocycles. The SMILES string of the molecule is C=CCn1c(SCc2cccc(Br)c2)nnc1-c1csc(C)c1C. The maximum absolute atomic E-state index is 4.45. The minimum atomic E-state index is 0.706. The number of benzene rings is 1. The Hall–Kier alpha value is -1.37. The molecule has 0 fully saturated rings. The molecule has 0 saturated heterocycles. The van der Waals surface area contributed by atoms with Gasteiger partial charge in [0, 0.05) is 32.6 Å². The first kappa shape index (κ1) is 17.5. The molecule has 0 bridgehead atoms. The number of allylic oxidation sites excluding steroid dienone is 1. The zero-order chi connectivity index (χ0) is 17.1. The molecule has 0 unspecified atom stereocenters. The van der Waals surface area contributed by atoms with E-state index in [2.05, 4.69) is 74.7 Å². The van der Waals surface area contributed by atoms with Gasteiger partial charge in [-0.05, 0) is 37.1 Å². The third kappa shape index (κ3) is 3.66. The van der Waals surface area contributed by atoms with Gasteiger partial charge in [-0.25, -0.2) is 0 Å². The normalized spacial score (nSPS) is 11.0. The van der Waals surface area contributed by atoms with Crippen LogP contribution in [0.3, 0.4) is 0 Å². The summed E-state index contributed by atoms with van der Waals surface area (Å²) in [6.07, 6.45) is 1.89. The maximum atomic E-state index is 4.45. The number of aryl methyl sites for hydroxylation is 1. The van der Waals surface area contributed by atoms with E-state index in [9.17, 15) is 0 Å². The summed E-state index contributed by atoms with van der Waals surface area (Å²) in [4.78, 5) is 1.32. The lowest BCUT2D eigenvalue weighted by atomic mass is 10.1. The van der Waals surface area contributed by atoms with E-state index in [0.29, 0.717) is 6.54 Å². The average molecular weight is 420 g/mol. The third-order valence-electron chi connectivity index (χ3n) is 3.81. The fourth-order valence-corrected chi connectivity index (χ4v) is 4.60. The summed E-state index contributed by atoms with van der Waals surface area (Å²) in [6, 6.07) is 8.35. The van der Waals surface area contributed by atoms with Crippen LogP contribution < -0.4 is 0 Å². The predicted molar refractivity (Wildman–Crippen MR) is 107 cm³/mol. The molecular weight excluding hydrogens is 402 g/mol. The molecule has 0 spiro atoms. The number of aromatic nitrogens is 3. The molecule has 0 aliphatic heterocycles. The highest BCUT2D eigenvalue weighted by atomic mass is 79.9. The zero-order valence-electron chi connectivity index (χ0n) is 13.6. The molecule has 0 saturated carbocycles. The van der Waals surface area contributed by atoms with Crippen LogP contribution in [0.4, 0.5) is 0 Å². The van der Waals surface area contributed by atoms with Gasteiger partial charge in [0.2, 0.25) is 0 Å².